The van der Waals surface area contributed by atoms with E-state index in [9.17, 15) is 8.42 Å². The first-order chi connectivity index (χ1) is 9.44. The van der Waals surface area contributed by atoms with Gasteiger partial charge in [0.1, 0.15) is 0 Å². The van der Waals surface area contributed by atoms with Crippen LogP contribution in [0.4, 0.5) is 0 Å². The van der Waals surface area contributed by atoms with E-state index in [4.69, 9.17) is 10.5 Å². The van der Waals surface area contributed by atoms with Gasteiger partial charge in [-0.1, -0.05) is 18.2 Å². The SMILES string of the molecule is COC(C(C)N)S(=O)(=O)Cc1cnc2ccccc2c1.Cl.Cl. The highest BCUT2D eigenvalue weighted by molar-refractivity contribution is 7.91. The van der Waals surface area contributed by atoms with E-state index in [1.807, 2.05) is 30.3 Å². The first-order valence-corrected chi connectivity index (χ1v) is 7.99. The van der Waals surface area contributed by atoms with Gasteiger partial charge in [0, 0.05) is 24.7 Å². The van der Waals surface area contributed by atoms with Crippen LogP contribution in [0.3, 0.4) is 0 Å². The molecule has 2 aromatic rings. The molecule has 1 aromatic heterocycles. The number of fused-ring (bicyclic) bond motifs is 1. The summed E-state index contributed by atoms with van der Waals surface area (Å²) in [5.41, 5.74) is 6.12. The topological polar surface area (TPSA) is 82.3 Å². The molecule has 2 atom stereocenters. The average Bonchev–Trinajstić information content (AvgIpc) is 2.38. The zero-order valence-corrected chi connectivity index (χ0v) is 14.7. The Morgan fingerprint density at radius 3 is 2.50 bits per heavy atom. The summed E-state index contributed by atoms with van der Waals surface area (Å²) in [6.45, 7) is 1.62. The fourth-order valence-electron chi connectivity index (χ4n) is 2.20. The molecular weight excluding hydrogens is 347 g/mol. The van der Waals surface area contributed by atoms with Crippen LogP contribution in [0.5, 0.6) is 0 Å². The molecule has 1 heterocycles. The van der Waals surface area contributed by atoms with Crippen LogP contribution in [-0.4, -0.2) is 32.0 Å². The maximum atomic E-state index is 12.3. The average molecular weight is 367 g/mol. The molecule has 8 heteroatoms. The Bertz CT molecular complexity index is 708. The van der Waals surface area contributed by atoms with E-state index < -0.39 is 21.3 Å². The molecule has 0 saturated heterocycles. The molecule has 0 aliphatic rings. The zero-order chi connectivity index (χ0) is 14.8. The molecule has 22 heavy (non-hydrogen) atoms. The Kier molecular flexibility index (Phi) is 8.28. The van der Waals surface area contributed by atoms with Crippen molar-refractivity contribution < 1.29 is 13.2 Å². The highest BCUT2D eigenvalue weighted by atomic mass is 35.5. The molecule has 0 spiro atoms. The van der Waals surface area contributed by atoms with Crippen molar-refractivity contribution in [2.75, 3.05) is 7.11 Å². The summed E-state index contributed by atoms with van der Waals surface area (Å²) in [5.74, 6) is -0.134. The van der Waals surface area contributed by atoms with Gasteiger partial charge in [-0.05, 0) is 24.6 Å². The fourth-order valence-corrected chi connectivity index (χ4v) is 3.93. The van der Waals surface area contributed by atoms with Crippen LogP contribution in [0, 0.1) is 0 Å². The Labute approximate surface area is 143 Å². The van der Waals surface area contributed by atoms with E-state index >= 15 is 0 Å². The number of hydrogen-bond acceptors (Lipinski definition) is 5. The lowest BCUT2D eigenvalue weighted by Crippen LogP contribution is -2.40. The molecule has 0 fully saturated rings. The van der Waals surface area contributed by atoms with Crippen molar-refractivity contribution in [3.8, 4) is 0 Å². The van der Waals surface area contributed by atoms with Crippen molar-refractivity contribution in [2.24, 2.45) is 5.73 Å². The van der Waals surface area contributed by atoms with E-state index in [1.165, 1.54) is 7.11 Å². The molecule has 2 unspecified atom stereocenters. The van der Waals surface area contributed by atoms with E-state index in [0.717, 1.165) is 10.9 Å². The van der Waals surface area contributed by atoms with E-state index in [1.54, 1.807) is 13.1 Å². The van der Waals surface area contributed by atoms with Gasteiger partial charge in [-0.2, -0.15) is 0 Å². The predicted molar refractivity (Wildman–Crippen MR) is 93.3 cm³/mol. The number of pyridine rings is 1. The van der Waals surface area contributed by atoms with Gasteiger partial charge in [0.15, 0.2) is 15.3 Å². The van der Waals surface area contributed by atoms with Gasteiger partial charge in [0.05, 0.1) is 11.3 Å². The minimum absolute atomic E-state index is 0. The standard InChI is InChI=1S/C14H18N2O3S.2ClH/c1-10(15)14(19-2)20(17,18)9-11-7-12-5-3-4-6-13(12)16-8-11;;/h3-8,10,14H,9,15H2,1-2H3;2*1H. The second-order valence-electron chi connectivity index (χ2n) is 4.81. The molecule has 0 amide bonds. The van der Waals surface area contributed by atoms with Gasteiger partial charge in [0.25, 0.3) is 0 Å². The summed E-state index contributed by atoms with van der Waals surface area (Å²) in [6.07, 6.45) is 1.58. The summed E-state index contributed by atoms with van der Waals surface area (Å²) in [7, 11) is -2.13. The van der Waals surface area contributed by atoms with E-state index in [-0.39, 0.29) is 30.6 Å². The molecule has 0 aliphatic heterocycles. The third-order valence-electron chi connectivity index (χ3n) is 3.03. The molecule has 0 saturated carbocycles. The normalized spacial score (nSPS) is 13.8. The van der Waals surface area contributed by atoms with Gasteiger partial charge in [-0.3, -0.25) is 4.98 Å². The Morgan fingerprint density at radius 1 is 1.27 bits per heavy atom. The number of methoxy groups -OCH3 is 1. The molecule has 124 valence electrons. The maximum Gasteiger partial charge on any atom is 0.182 e. The summed E-state index contributed by atoms with van der Waals surface area (Å²) < 4.78 is 29.6. The van der Waals surface area contributed by atoms with Crippen LogP contribution in [0.2, 0.25) is 0 Å². The zero-order valence-electron chi connectivity index (χ0n) is 12.3. The lowest BCUT2D eigenvalue weighted by molar-refractivity contribution is 0.146. The van der Waals surface area contributed by atoms with Crippen molar-refractivity contribution in [3.63, 3.8) is 0 Å². The van der Waals surface area contributed by atoms with Crippen molar-refractivity contribution in [2.45, 2.75) is 24.2 Å². The third-order valence-corrected chi connectivity index (χ3v) is 5.10. The number of sulfone groups is 1. The minimum atomic E-state index is -3.48. The van der Waals surface area contributed by atoms with Gasteiger partial charge in [0.2, 0.25) is 0 Å². The Morgan fingerprint density at radius 2 is 1.91 bits per heavy atom. The number of rotatable bonds is 5. The second kappa shape index (κ2) is 8.64. The van der Waals surface area contributed by atoms with Crippen molar-refractivity contribution in [1.29, 1.82) is 0 Å². The first kappa shape index (κ1) is 21.1. The van der Waals surface area contributed by atoms with Crippen LogP contribution in [-0.2, 0) is 20.3 Å². The number of halogens is 2. The minimum Gasteiger partial charge on any atom is -0.364 e. The smallest absolute Gasteiger partial charge is 0.182 e. The van der Waals surface area contributed by atoms with Crippen molar-refractivity contribution >= 4 is 45.6 Å². The van der Waals surface area contributed by atoms with Crippen LogP contribution in [0.25, 0.3) is 10.9 Å². The molecule has 2 rings (SSSR count). The summed E-state index contributed by atoms with van der Waals surface area (Å²) in [4.78, 5) is 4.26. The number of benzene rings is 1. The summed E-state index contributed by atoms with van der Waals surface area (Å²) >= 11 is 0. The number of nitrogens with zero attached hydrogens (tertiary/aromatic N) is 1. The fraction of sp³-hybridized carbons (Fsp3) is 0.357. The highest BCUT2D eigenvalue weighted by Crippen LogP contribution is 2.17. The molecule has 0 radical (unpaired) electrons. The molecule has 2 N–H and O–H groups in total. The highest BCUT2D eigenvalue weighted by Gasteiger charge is 2.29. The third kappa shape index (κ3) is 4.79. The van der Waals surface area contributed by atoms with Crippen LogP contribution < -0.4 is 5.73 Å². The molecule has 1 aromatic carbocycles. The maximum absolute atomic E-state index is 12.3. The van der Waals surface area contributed by atoms with E-state index in [2.05, 4.69) is 4.98 Å². The number of aromatic nitrogens is 1. The van der Waals surface area contributed by atoms with Gasteiger partial charge in [-0.15, -0.1) is 24.8 Å². The van der Waals surface area contributed by atoms with Crippen molar-refractivity contribution in [3.05, 3.63) is 42.1 Å². The molecular formula is C14H20Cl2N2O3S. The van der Waals surface area contributed by atoms with Gasteiger partial charge in [-0.25, -0.2) is 8.42 Å². The molecule has 5 nitrogen and oxygen atoms in total. The van der Waals surface area contributed by atoms with Crippen molar-refractivity contribution in [1.82, 2.24) is 4.98 Å². The molecule has 0 aliphatic carbocycles. The second-order valence-corrected chi connectivity index (χ2v) is 6.89. The van der Waals surface area contributed by atoms with Crippen LogP contribution in [0.15, 0.2) is 36.5 Å². The van der Waals surface area contributed by atoms with E-state index in [0.29, 0.717) is 5.56 Å². The number of hydrogen-bond donors (Lipinski definition) is 1. The van der Waals surface area contributed by atoms with Gasteiger partial charge < -0.3 is 10.5 Å². The number of para-hydroxylation sites is 1. The largest absolute Gasteiger partial charge is 0.364 e. The predicted octanol–water partition coefficient (Wildman–Crippen LogP) is 2.31. The Balaban J connectivity index is 0.00000220. The van der Waals surface area contributed by atoms with Gasteiger partial charge >= 0.3 is 0 Å². The Hall–Kier alpha value is -0.920. The number of nitrogens with two attached hydrogens (primary N) is 1. The first-order valence-electron chi connectivity index (χ1n) is 6.27. The quantitative estimate of drug-likeness (QED) is 0.877. The molecule has 0 bridgehead atoms. The lowest BCUT2D eigenvalue weighted by Gasteiger charge is -2.19. The van der Waals surface area contributed by atoms with Crippen LogP contribution >= 0.6 is 24.8 Å². The summed E-state index contributed by atoms with van der Waals surface area (Å²) in [6, 6.07) is 8.81. The lowest BCUT2D eigenvalue weighted by atomic mass is 10.2. The summed E-state index contributed by atoms with van der Waals surface area (Å²) in [5, 5.41) is 0.912. The number of ether oxygens (including phenoxy) is 1. The van der Waals surface area contributed by atoms with Crippen LogP contribution in [0.1, 0.15) is 12.5 Å². The monoisotopic (exact) mass is 366 g/mol.